The number of hydrogen-bond acceptors (Lipinski definition) is 3. The third-order valence-corrected chi connectivity index (χ3v) is 2.24. The van der Waals surface area contributed by atoms with E-state index in [4.69, 9.17) is 5.73 Å². The highest BCUT2D eigenvalue weighted by atomic mass is 16.2. The number of carbonyl (C=O) groups excluding carboxylic acids is 2. The van der Waals surface area contributed by atoms with E-state index in [0.29, 0.717) is 32.5 Å². The molecule has 0 aliphatic rings. The van der Waals surface area contributed by atoms with Crippen molar-refractivity contribution in [1.29, 1.82) is 0 Å². The van der Waals surface area contributed by atoms with Gasteiger partial charge in [0.15, 0.2) is 0 Å². The second kappa shape index (κ2) is 8.06. The standard InChI is InChI=1S/C12H25N3O2/c1-12(2,3)6-4-10(16)14-8-9-15-11(17)5-7-13/h4-9,13H2,1-3H3,(H,14,16)(H,15,17). The molecule has 4 N–H and O–H groups in total. The molecule has 5 heteroatoms. The molecule has 0 aromatic rings. The zero-order valence-corrected chi connectivity index (χ0v) is 11.1. The van der Waals surface area contributed by atoms with Crippen LogP contribution >= 0.6 is 0 Å². The lowest BCUT2D eigenvalue weighted by Crippen LogP contribution is -2.35. The Morgan fingerprint density at radius 3 is 1.88 bits per heavy atom. The lowest BCUT2D eigenvalue weighted by molar-refractivity contribution is -0.123. The molecular formula is C12H25N3O2. The second-order valence-corrected chi connectivity index (χ2v) is 5.30. The van der Waals surface area contributed by atoms with Crippen LogP contribution in [0.2, 0.25) is 0 Å². The summed E-state index contributed by atoms with van der Waals surface area (Å²) < 4.78 is 0. The molecule has 0 aliphatic heterocycles. The molecule has 0 atom stereocenters. The number of hydrogen-bond donors (Lipinski definition) is 3. The van der Waals surface area contributed by atoms with Gasteiger partial charge in [-0.3, -0.25) is 9.59 Å². The molecule has 2 amide bonds. The minimum atomic E-state index is -0.0727. The molecule has 0 heterocycles. The molecule has 0 fully saturated rings. The summed E-state index contributed by atoms with van der Waals surface area (Å²) in [6.45, 7) is 7.59. The normalized spacial score (nSPS) is 11.1. The van der Waals surface area contributed by atoms with Crippen LogP contribution in [-0.4, -0.2) is 31.4 Å². The predicted molar refractivity (Wildman–Crippen MR) is 68.4 cm³/mol. The molecule has 0 saturated carbocycles. The fourth-order valence-corrected chi connectivity index (χ4v) is 1.20. The van der Waals surface area contributed by atoms with Crippen molar-refractivity contribution >= 4 is 11.8 Å². The first-order valence-corrected chi connectivity index (χ1v) is 6.08. The van der Waals surface area contributed by atoms with Crippen LogP contribution in [0, 0.1) is 5.41 Å². The zero-order valence-electron chi connectivity index (χ0n) is 11.1. The average Bonchev–Trinajstić information content (AvgIpc) is 2.21. The summed E-state index contributed by atoms with van der Waals surface area (Å²) in [6.07, 6.45) is 1.72. The first-order chi connectivity index (χ1) is 7.85. The van der Waals surface area contributed by atoms with E-state index in [9.17, 15) is 9.59 Å². The van der Waals surface area contributed by atoms with Gasteiger partial charge < -0.3 is 16.4 Å². The van der Waals surface area contributed by atoms with Crippen LogP contribution in [0.25, 0.3) is 0 Å². The predicted octanol–water partition coefficient (Wildman–Crippen LogP) is 0.394. The Balaban J connectivity index is 3.49. The van der Waals surface area contributed by atoms with Crippen LogP contribution < -0.4 is 16.4 Å². The van der Waals surface area contributed by atoms with E-state index in [1.165, 1.54) is 0 Å². The fraction of sp³-hybridized carbons (Fsp3) is 0.833. The van der Waals surface area contributed by atoms with E-state index in [0.717, 1.165) is 6.42 Å². The topological polar surface area (TPSA) is 84.2 Å². The highest BCUT2D eigenvalue weighted by Crippen LogP contribution is 2.19. The lowest BCUT2D eigenvalue weighted by Gasteiger charge is -2.17. The van der Waals surface area contributed by atoms with Crippen molar-refractivity contribution in [3.8, 4) is 0 Å². The molecule has 0 saturated heterocycles. The molecule has 0 spiro atoms. The third kappa shape index (κ3) is 11.2. The molecule has 0 unspecified atom stereocenters. The Kier molecular flexibility index (Phi) is 7.54. The summed E-state index contributed by atoms with van der Waals surface area (Å²) in [5.74, 6) is -0.0376. The van der Waals surface area contributed by atoms with Crippen LogP contribution in [0.15, 0.2) is 0 Å². The van der Waals surface area contributed by atoms with Crippen LogP contribution in [0.5, 0.6) is 0 Å². The Bertz CT molecular complexity index is 247. The van der Waals surface area contributed by atoms with E-state index in [1.807, 2.05) is 0 Å². The van der Waals surface area contributed by atoms with Crippen molar-refractivity contribution in [3.63, 3.8) is 0 Å². The Morgan fingerprint density at radius 1 is 1.00 bits per heavy atom. The fourth-order valence-electron chi connectivity index (χ4n) is 1.20. The van der Waals surface area contributed by atoms with Gasteiger partial charge in [0.2, 0.25) is 11.8 Å². The molecule has 0 aliphatic carbocycles. The van der Waals surface area contributed by atoms with Crippen LogP contribution in [-0.2, 0) is 9.59 Å². The zero-order chi connectivity index (χ0) is 13.3. The molecule has 0 bridgehead atoms. The molecule has 0 radical (unpaired) electrons. The maximum absolute atomic E-state index is 11.4. The van der Waals surface area contributed by atoms with Gasteiger partial charge in [0, 0.05) is 32.5 Å². The second-order valence-electron chi connectivity index (χ2n) is 5.30. The summed E-state index contributed by atoms with van der Waals surface area (Å²) in [5.41, 5.74) is 5.40. The minimum Gasteiger partial charge on any atom is -0.354 e. The van der Waals surface area contributed by atoms with E-state index >= 15 is 0 Å². The molecule has 100 valence electrons. The SMILES string of the molecule is CC(C)(C)CCC(=O)NCCNC(=O)CCN. The number of nitrogens with two attached hydrogens (primary N) is 1. The van der Waals surface area contributed by atoms with Gasteiger partial charge >= 0.3 is 0 Å². The highest BCUT2D eigenvalue weighted by molar-refractivity contribution is 5.77. The van der Waals surface area contributed by atoms with E-state index in [1.54, 1.807) is 0 Å². The summed E-state index contributed by atoms with van der Waals surface area (Å²) >= 11 is 0. The number of carbonyl (C=O) groups is 2. The van der Waals surface area contributed by atoms with Crippen molar-refractivity contribution in [2.75, 3.05) is 19.6 Å². The molecule has 0 aromatic carbocycles. The summed E-state index contributed by atoms with van der Waals surface area (Å²) in [7, 11) is 0. The first-order valence-electron chi connectivity index (χ1n) is 6.08. The Labute approximate surface area is 104 Å². The van der Waals surface area contributed by atoms with Crippen LogP contribution in [0.1, 0.15) is 40.0 Å². The maximum atomic E-state index is 11.4. The van der Waals surface area contributed by atoms with Gasteiger partial charge in [0.1, 0.15) is 0 Å². The molecule has 0 rings (SSSR count). The largest absolute Gasteiger partial charge is 0.354 e. The quantitative estimate of drug-likeness (QED) is 0.566. The minimum absolute atomic E-state index is 0.0352. The smallest absolute Gasteiger partial charge is 0.221 e. The van der Waals surface area contributed by atoms with E-state index in [2.05, 4.69) is 31.4 Å². The summed E-state index contributed by atoms with van der Waals surface area (Å²) in [6, 6.07) is 0. The van der Waals surface area contributed by atoms with Crippen molar-refractivity contribution in [1.82, 2.24) is 10.6 Å². The van der Waals surface area contributed by atoms with Gasteiger partial charge in [0.25, 0.3) is 0 Å². The maximum Gasteiger partial charge on any atom is 0.221 e. The van der Waals surface area contributed by atoms with Gasteiger partial charge in [-0.05, 0) is 11.8 Å². The summed E-state index contributed by atoms with van der Waals surface area (Å²) in [5, 5.41) is 5.45. The van der Waals surface area contributed by atoms with Gasteiger partial charge in [-0.2, -0.15) is 0 Å². The van der Waals surface area contributed by atoms with Crippen LogP contribution in [0.4, 0.5) is 0 Å². The molecule has 5 nitrogen and oxygen atoms in total. The third-order valence-electron chi connectivity index (χ3n) is 2.24. The number of rotatable bonds is 7. The van der Waals surface area contributed by atoms with Crippen LogP contribution in [0.3, 0.4) is 0 Å². The van der Waals surface area contributed by atoms with Gasteiger partial charge in [-0.1, -0.05) is 20.8 Å². The van der Waals surface area contributed by atoms with Gasteiger partial charge in [0.05, 0.1) is 0 Å². The highest BCUT2D eigenvalue weighted by Gasteiger charge is 2.12. The first kappa shape index (κ1) is 15.9. The average molecular weight is 243 g/mol. The van der Waals surface area contributed by atoms with Gasteiger partial charge in [-0.25, -0.2) is 0 Å². The molecular weight excluding hydrogens is 218 g/mol. The Hall–Kier alpha value is -1.10. The molecule has 0 aromatic heterocycles. The van der Waals surface area contributed by atoms with E-state index in [-0.39, 0.29) is 17.2 Å². The Morgan fingerprint density at radius 2 is 1.47 bits per heavy atom. The number of nitrogens with one attached hydrogen (secondary N) is 2. The molecule has 17 heavy (non-hydrogen) atoms. The van der Waals surface area contributed by atoms with Crippen molar-refractivity contribution in [3.05, 3.63) is 0 Å². The monoisotopic (exact) mass is 243 g/mol. The summed E-state index contributed by atoms with van der Waals surface area (Å²) in [4.78, 5) is 22.5. The van der Waals surface area contributed by atoms with Crippen molar-refractivity contribution < 1.29 is 9.59 Å². The number of amides is 2. The van der Waals surface area contributed by atoms with Gasteiger partial charge in [-0.15, -0.1) is 0 Å². The lowest BCUT2D eigenvalue weighted by atomic mass is 9.90. The van der Waals surface area contributed by atoms with Crippen molar-refractivity contribution in [2.24, 2.45) is 11.1 Å². The van der Waals surface area contributed by atoms with E-state index < -0.39 is 0 Å². The van der Waals surface area contributed by atoms with Crippen molar-refractivity contribution in [2.45, 2.75) is 40.0 Å².